The van der Waals surface area contributed by atoms with Gasteiger partial charge < -0.3 is 15.2 Å². The van der Waals surface area contributed by atoms with E-state index in [1.165, 1.54) is 12.3 Å². The Kier molecular flexibility index (Phi) is 4.61. The average molecular weight is 410 g/mol. The number of rotatable bonds is 3. The Morgan fingerprint density at radius 3 is 2.54 bits per heavy atom. The monoisotopic (exact) mass is 409 g/mol. The third-order valence-corrected chi connectivity index (χ3v) is 7.37. The molecule has 4 rings (SSSR count). The molecule has 0 amide bonds. The quantitative estimate of drug-likeness (QED) is 0.691. The number of aromatic nitrogens is 1. The van der Waals surface area contributed by atoms with E-state index in [1.807, 2.05) is 18.2 Å². The molecule has 2 N–H and O–H groups in total. The molecule has 0 saturated carbocycles. The molecule has 1 aliphatic rings. The van der Waals surface area contributed by atoms with Gasteiger partial charge in [0.15, 0.2) is 0 Å². The maximum atomic E-state index is 13.2. The molecule has 2 heterocycles. The fourth-order valence-electron chi connectivity index (χ4n) is 3.24. The van der Waals surface area contributed by atoms with Crippen LogP contribution in [0.15, 0.2) is 52.4 Å². The molecule has 0 radical (unpaired) electrons. The number of nitrogens with zero attached hydrogens (tertiary/aromatic N) is 1. The number of aromatic amines is 1. The summed E-state index contributed by atoms with van der Waals surface area (Å²) in [5.41, 5.74) is 1.77. The lowest BCUT2D eigenvalue weighted by molar-refractivity contribution is 0.589. The van der Waals surface area contributed by atoms with Crippen LogP contribution < -0.4 is 10.2 Å². The van der Waals surface area contributed by atoms with Gasteiger partial charge in [-0.3, -0.25) is 0 Å². The number of halogens is 2. The number of hydrogen-bond acceptors (Lipinski definition) is 4. The van der Waals surface area contributed by atoms with Crippen LogP contribution in [0.2, 0.25) is 10.0 Å². The summed E-state index contributed by atoms with van der Waals surface area (Å²) in [6, 6.07) is 10.5. The summed E-state index contributed by atoms with van der Waals surface area (Å²) >= 11 is 12.2. The van der Waals surface area contributed by atoms with Crippen molar-refractivity contribution in [3.05, 3.63) is 52.6 Å². The number of hydrogen-bond donors (Lipinski definition) is 2. The van der Waals surface area contributed by atoms with E-state index in [1.54, 1.807) is 12.1 Å². The number of sulfone groups is 1. The van der Waals surface area contributed by atoms with E-state index in [0.717, 1.165) is 37.4 Å². The molecule has 5 nitrogen and oxygen atoms in total. The highest BCUT2D eigenvalue weighted by molar-refractivity contribution is 7.91. The lowest BCUT2D eigenvalue weighted by atomic mass is 10.2. The van der Waals surface area contributed by atoms with E-state index in [4.69, 9.17) is 23.2 Å². The summed E-state index contributed by atoms with van der Waals surface area (Å²) in [7, 11) is -3.80. The second kappa shape index (κ2) is 6.78. The maximum absolute atomic E-state index is 13.2. The van der Waals surface area contributed by atoms with Crippen molar-refractivity contribution in [2.24, 2.45) is 0 Å². The zero-order valence-corrected chi connectivity index (χ0v) is 16.1. The topological polar surface area (TPSA) is 65.2 Å². The number of H-pyrrole nitrogens is 1. The van der Waals surface area contributed by atoms with E-state index in [9.17, 15) is 8.42 Å². The van der Waals surface area contributed by atoms with Crippen LogP contribution in [0.1, 0.15) is 0 Å². The molecule has 1 aromatic heterocycles. The summed E-state index contributed by atoms with van der Waals surface area (Å²) in [5, 5.41) is 4.22. The lowest BCUT2D eigenvalue weighted by Crippen LogP contribution is -2.43. The van der Waals surface area contributed by atoms with Gasteiger partial charge in [0.2, 0.25) is 9.84 Å². The normalized spacial score (nSPS) is 15.5. The molecule has 1 saturated heterocycles. The largest absolute Gasteiger partial charge is 0.369 e. The zero-order chi connectivity index (χ0) is 18.3. The first kappa shape index (κ1) is 17.7. The molecule has 8 heteroatoms. The Morgan fingerprint density at radius 2 is 1.77 bits per heavy atom. The molecule has 0 atom stereocenters. The molecule has 3 aromatic rings. The zero-order valence-electron chi connectivity index (χ0n) is 13.8. The van der Waals surface area contributed by atoms with Gasteiger partial charge in [-0.1, -0.05) is 29.3 Å². The summed E-state index contributed by atoms with van der Waals surface area (Å²) in [4.78, 5) is 5.50. The van der Waals surface area contributed by atoms with Gasteiger partial charge in [-0.05, 0) is 30.3 Å². The summed E-state index contributed by atoms with van der Waals surface area (Å²) in [5.74, 6) is 0. The van der Waals surface area contributed by atoms with Crippen molar-refractivity contribution in [3.63, 3.8) is 0 Å². The van der Waals surface area contributed by atoms with Crippen molar-refractivity contribution in [2.75, 3.05) is 31.1 Å². The second-order valence-electron chi connectivity index (χ2n) is 6.18. The molecule has 1 fully saturated rings. The Labute approximate surface area is 161 Å². The van der Waals surface area contributed by atoms with Gasteiger partial charge in [-0.25, -0.2) is 8.42 Å². The highest BCUT2D eigenvalue weighted by Gasteiger charge is 2.25. The van der Waals surface area contributed by atoms with Crippen molar-refractivity contribution in [3.8, 4) is 0 Å². The maximum Gasteiger partial charge on any atom is 0.210 e. The molecule has 0 spiro atoms. The van der Waals surface area contributed by atoms with Crippen molar-refractivity contribution in [1.29, 1.82) is 0 Å². The van der Waals surface area contributed by atoms with E-state index in [-0.39, 0.29) is 19.8 Å². The molecule has 0 unspecified atom stereocenters. The van der Waals surface area contributed by atoms with E-state index < -0.39 is 9.84 Å². The predicted molar refractivity (Wildman–Crippen MR) is 105 cm³/mol. The van der Waals surface area contributed by atoms with Crippen molar-refractivity contribution in [1.82, 2.24) is 10.3 Å². The molecule has 2 aromatic carbocycles. The molecule has 1 aliphatic heterocycles. The summed E-state index contributed by atoms with van der Waals surface area (Å²) in [6.45, 7) is 3.60. The minimum absolute atomic E-state index is 0.0140. The van der Waals surface area contributed by atoms with Crippen LogP contribution in [0, 0.1) is 0 Å². The molecule has 0 aliphatic carbocycles. The Hall–Kier alpha value is -1.73. The minimum atomic E-state index is -3.80. The average Bonchev–Trinajstić information content (AvgIpc) is 3.08. The number of benzene rings is 2. The van der Waals surface area contributed by atoms with Gasteiger partial charge in [0.25, 0.3) is 0 Å². The van der Waals surface area contributed by atoms with Crippen LogP contribution in [0.25, 0.3) is 10.9 Å². The van der Waals surface area contributed by atoms with Crippen LogP contribution in [0.5, 0.6) is 0 Å². The second-order valence-corrected chi connectivity index (χ2v) is 8.85. The first-order valence-corrected chi connectivity index (χ1v) is 10.5. The Balaban J connectivity index is 1.84. The van der Waals surface area contributed by atoms with Crippen LogP contribution in [-0.2, 0) is 9.84 Å². The van der Waals surface area contributed by atoms with Gasteiger partial charge >= 0.3 is 0 Å². The Morgan fingerprint density at radius 1 is 1.00 bits per heavy atom. The molecular weight excluding hydrogens is 393 g/mol. The summed E-state index contributed by atoms with van der Waals surface area (Å²) < 4.78 is 26.4. The number of anilines is 1. The fraction of sp³-hybridized carbons (Fsp3) is 0.222. The van der Waals surface area contributed by atoms with Crippen molar-refractivity contribution in [2.45, 2.75) is 9.79 Å². The van der Waals surface area contributed by atoms with Crippen molar-refractivity contribution < 1.29 is 8.42 Å². The first-order valence-electron chi connectivity index (χ1n) is 8.24. The standard InChI is InChI=1S/C18H17Cl2N3O2S/c19-14-2-1-3-16(18(14)20)26(24,25)17-11-22-15-5-4-12(10-13(15)17)23-8-6-21-7-9-23/h1-5,10-11,21-22H,6-9H2. The van der Waals surface area contributed by atoms with Gasteiger partial charge in [-0.2, -0.15) is 0 Å². The predicted octanol–water partition coefficient (Wildman–Crippen LogP) is 3.72. The third-order valence-electron chi connectivity index (χ3n) is 4.60. The van der Waals surface area contributed by atoms with Gasteiger partial charge in [0.1, 0.15) is 0 Å². The highest BCUT2D eigenvalue weighted by atomic mass is 35.5. The van der Waals surface area contributed by atoms with Gasteiger partial charge in [-0.15, -0.1) is 0 Å². The minimum Gasteiger partial charge on any atom is -0.369 e. The van der Waals surface area contributed by atoms with E-state index in [2.05, 4.69) is 15.2 Å². The molecule has 26 heavy (non-hydrogen) atoms. The van der Waals surface area contributed by atoms with E-state index in [0.29, 0.717) is 5.39 Å². The Bertz CT molecular complexity index is 1070. The SMILES string of the molecule is O=S(=O)(c1cccc(Cl)c1Cl)c1c[nH]c2ccc(N3CCNCC3)cc12. The smallest absolute Gasteiger partial charge is 0.210 e. The highest BCUT2D eigenvalue weighted by Crippen LogP contribution is 2.36. The van der Waals surface area contributed by atoms with Crippen LogP contribution in [0.3, 0.4) is 0 Å². The number of nitrogens with one attached hydrogen (secondary N) is 2. The molecular formula is C18H17Cl2N3O2S. The van der Waals surface area contributed by atoms with Crippen LogP contribution >= 0.6 is 23.2 Å². The summed E-state index contributed by atoms with van der Waals surface area (Å²) in [6.07, 6.45) is 1.51. The lowest BCUT2D eigenvalue weighted by Gasteiger charge is -2.29. The number of piperazine rings is 1. The van der Waals surface area contributed by atoms with Gasteiger partial charge in [0.05, 0.1) is 19.8 Å². The first-order chi connectivity index (χ1) is 12.5. The molecule has 0 bridgehead atoms. The van der Waals surface area contributed by atoms with Crippen LogP contribution in [-0.4, -0.2) is 39.6 Å². The fourth-order valence-corrected chi connectivity index (χ4v) is 5.41. The van der Waals surface area contributed by atoms with Gasteiger partial charge in [0, 0.05) is 49.0 Å². The third kappa shape index (κ3) is 2.97. The van der Waals surface area contributed by atoms with Crippen molar-refractivity contribution >= 4 is 49.6 Å². The molecule has 136 valence electrons. The van der Waals surface area contributed by atoms with E-state index >= 15 is 0 Å². The number of fused-ring (bicyclic) bond motifs is 1. The van der Waals surface area contributed by atoms with Crippen LogP contribution in [0.4, 0.5) is 5.69 Å².